The average Bonchev–Trinajstić information content (AvgIpc) is 2.87. The number of halogens is 1. The Morgan fingerprint density at radius 2 is 2.10 bits per heavy atom. The SMILES string of the molecule is CNC(c1ccc(OC)c(Cl)c1OC)C1(C)CCCO1. The highest BCUT2D eigenvalue weighted by molar-refractivity contribution is 6.33. The lowest BCUT2D eigenvalue weighted by Gasteiger charge is -2.34. The normalized spacial score (nSPS) is 23.6. The first-order valence-electron chi connectivity index (χ1n) is 6.79. The second-order valence-electron chi connectivity index (χ2n) is 5.19. The molecule has 0 radical (unpaired) electrons. The standard InChI is InChI=1S/C15H22ClNO3/c1-15(8-5-9-20-15)14(17-2)10-6-7-11(18-3)12(16)13(10)19-4/h6-7,14,17H,5,8-9H2,1-4H3. The Bertz CT molecular complexity index is 472. The van der Waals surface area contributed by atoms with Gasteiger partial charge in [0.1, 0.15) is 16.5 Å². The van der Waals surface area contributed by atoms with E-state index in [2.05, 4.69) is 12.2 Å². The van der Waals surface area contributed by atoms with Crippen LogP contribution in [0.3, 0.4) is 0 Å². The smallest absolute Gasteiger partial charge is 0.146 e. The van der Waals surface area contributed by atoms with Gasteiger partial charge in [-0.2, -0.15) is 0 Å². The van der Waals surface area contributed by atoms with Crippen LogP contribution in [0.2, 0.25) is 5.02 Å². The van der Waals surface area contributed by atoms with E-state index in [1.807, 2.05) is 19.2 Å². The molecule has 2 rings (SSSR count). The van der Waals surface area contributed by atoms with Crippen LogP contribution in [-0.4, -0.2) is 33.5 Å². The van der Waals surface area contributed by atoms with Gasteiger partial charge in [-0.25, -0.2) is 0 Å². The van der Waals surface area contributed by atoms with E-state index < -0.39 is 0 Å². The van der Waals surface area contributed by atoms with Gasteiger partial charge in [-0.05, 0) is 38.9 Å². The fourth-order valence-electron chi connectivity index (χ4n) is 2.96. The molecule has 0 saturated carbocycles. The average molecular weight is 300 g/mol. The van der Waals surface area contributed by atoms with Crippen molar-refractivity contribution in [3.05, 3.63) is 22.7 Å². The fraction of sp³-hybridized carbons (Fsp3) is 0.600. The molecule has 1 saturated heterocycles. The molecule has 1 fully saturated rings. The molecular formula is C15H22ClNO3. The molecule has 1 aromatic rings. The van der Waals surface area contributed by atoms with Gasteiger partial charge in [0.15, 0.2) is 0 Å². The maximum Gasteiger partial charge on any atom is 0.146 e. The molecule has 2 unspecified atom stereocenters. The van der Waals surface area contributed by atoms with Crippen molar-refractivity contribution in [2.75, 3.05) is 27.9 Å². The first-order chi connectivity index (χ1) is 9.57. The molecule has 1 aliphatic rings. The van der Waals surface area contributed by atoms with E-state index >= 15 is 0 Å². The highest BCUT2D eigenvalue weighted by Gasteiger charge is 2.40. The second-order valence-corrected chi connectivity index (χ2v) is 5.57. The van der Waals surface area contributed by atoms with Crippen LogP contribution in [0.25, 0.3) is 0 Å². The van der Waals surface area contributed by atoms with Crippen molar-refractivity contribution in [2.45, 2.75) is 31.4 Å². The maximum atomic E-state index is 6.35. The van der Waals surface area contributed by atoms with Crippen molar-refractivity contribution in [3.63, 3.8) is 0 Å². The van der Waals surface area contributed by atoms with Crippen molar-refractivity contribution < 1.29 is 14.2 Å². The molecule has 0 amide bonds. The Labute approximate surface area is 125 Å². The van der Waals surface area contributed by atoms with Gasteiger partial charge in [-0.15, -0.1) is 0 Å². The number of rotatable bonds is 5. The summed E-state index contributed by atoms with van der Waals surface area (Å²) in [5.74, 6) is 1.25. The molecule has 112 valence electrons. The number of likely N-dealkylation sites (N-methyl/N-ethyl adjacent to an activating group) is 1. The van der Waals surface area contributed by atoms with Gasteiger partial charge in [-0.1, -0.05) is 11.6 Å². The molecule has 2 atom stereocenters. The van der Waals surface area contributed by atoms with Crippen LogP contribution in [-0.2, 0) is 4.74 Å². The van der Waals surface area contributed by atoms with Gasteiger partial charge in [0.05, 0.1) is 25.9 Å². The first kappa shape index (κ1) is 15.4. The fourth-order valence-corrected chi connectivity index (χ4v) is 3.29. The maximum absolute atomic E-state index is 6.35. The molecule has 0 aromatic heterocycles. The summed E-state index contributed by atoms with van der Waals surface area (Å²) < 4.78 is 16.7. The molecule has 0 spiro atoms. The summed E-state index contributed by atoms with van der Waals surface area (Å²) >= 11 is 6.35. The zero-order valence-corrected chi connectivity index (χ0v) is 13.2. The quantitative estimate of drug-likeness (QED) is 0.906. The monoisotopic (exact) mass is 299 g/mol. The van der Waals surface area contributed by atoms with Gasteiger partial charge in [-0.3, -0.25) is 0 Å². The van der Waals surface area contributed by atoms with Crippen LogP contribution in [0.4, 0.5) is 0 Å². The topological polar surface area (TPSA) is 39.7 Å². The summed E-state index contributed by atoms with van der Waals surface area (Å²) in [7, 11) is 5.14. The third-order valence-electron chi connectivity index (χ3n) is 3.98. The largest absolute Gasteiger partial charge is 0.495 e. The van der Waals surface area contributed by atoms with E-state index in [-0.39, 0.29) is 11.6 Å². The molecule has 5 heteroatoms. The van der Waals surface area contributed by atoms with Crippen LogP contribution in [0, 0.1) is 0 Å². The van der Waals surface area contributed by atoms with Gasteiger partial charge in [0, 0.05) is 12.2 Å². The summed E-state index contributed by atoms with van der Waals surface area (Å²) in [4.78, 5) is 0. The van der Waals surface area contributed by atoms with E-state index in [0.717, 1.165) is 25.0 Å². The predicted molar refractivity (Wildman–Crippen MR) is 79.9 cm³/mol. The Hall–Kier alpha value is -0.970. The third kappa shape index (κ3) is 2.60. The van der Waals surface area contributed by atoms with Crippen molar-refractivity contribution in [3.8, 4) is 11.5 Å². The predicted octanol–water partition coefficient (Wildman–Crippen LogP) is 3.19. The van der Waals surface area contributed by atoms with E-state index in [0.29, 0.717) is 16.5 Å². The lowest BCUT2D eigenvalue weighted by molar-refractivity contribution is -0.0110. The summed E-state index contributed by atoms with van der Waals surface area (Å²) in [5, 5.41) is 3.83. The van der Waals surface area contributed by atoms with Gasteiger partial charge >= 0.3 is 0 Å². The van der Waals surface area contributed by atoms with Gasteiger partial charge in [0.25, 0.3) is 0 Å². The van der Waals surface area contributed by atoms with E-state index in [4.69, 9.17) is 25.8 Å². The van der Waals surface area contributed by atoms with E-state index in [9.17, 15) is 0 Å². The minimum Gasteiger partial charge on any atom is -0.495 e. The van der Waals surface area contributed by atoms with Gasteiger partial charge < -0.3 is 19.5 Å². The number of ether oxygens (including phenoxy) is 3. The zero-order chi connectivity index (χ0) is 14.8. The van der Waals surface area contributed by atoms with Gasteiger partial charge in [0.2, 0.25) is 0 Å². The summed E-state index contributed by atoms with van der Waals surface area (Å²) in [6.45, 7) is 2.92. The highest BCUT2D eigenvalue weighted by atomic mass is 35.5. The molecule has 1 heterocycles. The number of nitrogens with one attached hydrogen (secondary N) is 1. The third-order valence-corrected chi connectivity index (χ3v) is 4.33. The van der Waals surface area contributed by atoms with Crippen LogP contribution in [0.5, 0.6) is 11.5 Å². The molecule has 1 aromatic carbocycles. The molecule has 4 nitrogen and oxygen atoms in total. The van der Waals surface area contributed by atoms with Crippen LogP contribution >= 0.6 is 11.6 Å². The van der Waals surface area contributed by atoms with Crippen molar-refractivity contribution in [1.29, 1.82) is 0 Å². The molecule has 0 aliphatic carbocycles. The Morgan fingerprint density at radius 1 is 1.35 bits per heavy atom. The number of methoxy groups -OCH3 is 2. The Balaban J connectivity index is 2.47. The van der Waals surface area contributed by atoms with Crippen molar-refractivity contribution in [1.82, 2.24) is 5.32 Å². The molecule has 20 heavy (non-hydrogen) atoms. The van der Waals surface area contributed by atoms with Crippen molar-refractivity contribution in [2.24, 2.45) is 0 Å². The minimum absolute atomic E-state index is 0.0170. The lowest BCUT2D eigenvalue weighted by Crippen LogP contribution is -2.39. The van der Waals surface area contributed by atoms with E-state index in [1.54, 1.807) is 14.2 Å². The first-order valence-corrected chi connectivity index (χ1v) is 7.16. The Morgan fingerprint density at radius 3 is 2.60 bits per heavy atom. The zero-order valence-electron chi connectivity index (χ0n) is 12.5. The molecule has 1 N–H and O–H groups in total. The van der Waals surface area contributed by atoms with Crippen molar-refractivity contribution >= 4 is 11.6 Å². The van der Waals surface area contributed by atoms with Crippen LogP contribution in [0.1, 0.15) is 31.4 Å². The van der Waals surface area contributed by atoms with Crippen LogP contribution in [0.15, 0.2) is 12.1 Å². The summed E-state index contributed by atoms with van der Waals surface area (Å²) in [6, 6.07) is 3.86. The second kappa shape index (κ2) is 6.20. The molecule has 0 bridgehead atoms. The minimum atomic E-state index is -0.250. The molecular weight excluding hydrogens is 278 g/mol. The number of hydrogen-bond acceptors (Lipinski definition) is 4. The molecule has 1 aliphatic heterocycles. The summed E-state index contributed by atoms with van der Waals surface area (Å²) in [5.41, 5.74) is 0.741. The number of benzene rings is 1. The van der Waals surface area contributed by atoms with Crippen LogP contribution < -0.4 is 14.8 Å². The highest BCUT2D eigenvalue weighted by Crippen LogP contribution is 2.45. The summed E-state index contributed by atoms with van der Waals surface area (Å²) in [6.07, 6.45) is 2.08. The van der Waals surface area contributed by atoms with E-state index in [1.165, 1.54) is 0 Å². The Kier molecular flexibility index (Phi) is 4.78. The number of hydrogen-bond donors (Lipinski definition) is 1. The lowest BCUT2D eigenvalue weighted by atomic mass is 9.87.